The Hall–Kier alpha value is -2.29. The summed E-state index contributed by atoms with van der Waals surface area (Å²) in [5.41, 5.74) is 2.58. The van der Waals surface area contributed by atoms with Gasteiger partial charge in [0.15, 0.2) is 0 Å². The lowest BCUT2D eigenvalue weighted by Gasteiger charge is -2.38. The molecule has 0 N–H and O–H groups in total. The molecule has 2 fully saturated rings. The molecule has 0 bridgehead atoms. The summed E-state index contributed by atoms with van der Waals surface area (Å²) in [6.45, 7) is 6.49. The molecule has 32 heavy (non-hydrogen) atoms. The number of sulfonamides is 1. The zero-order valence-corrected chi connectivity index (χ0v) is 19.2. The van der Waals surface area contributed by atoms with E-state index in [9.17, 15) is 17.6 Å². The molecule has 2 heterocycles. The lowest BCUT2D eigenvalue weighted by atomic mass is 9.97. The molecule has 4 rings (SSSR count). The van der Waals surface area contributed by atoms with Gasteiger partial charge in [-0.15, -0.1) is 0 Å². The first-order chi connectivity index (χ1) is 15.3. The van der Waals surface area contributed by atoms with Gasteiger partial charge in [0.05, 0.1) is 10.8 Å². The highest BCUT2D eigenvalue weighted by atomic mass is 32.2. The van der Waals surface area contributed by atoms with Crippen molar-refractivity contribution in [2.24, 2.45) is 5.92 Å². The van der Waals surface area contributed by atoms with Crippen LogP contribution in [0.5, 0.6) is 0 Å². The van der Waals surface area contributed by atoms with Crippen LogP contribution in [0.1, 0.15) is 24.0 Å². The third kappa shape index (κ3) is 5.03. The molecule has 2 aliphatic heterocycles. The number of hydrogen-bond acceptors (Lipinski definition) is 4. The zero-order chi connectivity index (χ0) is 22.7. The van der Waals surface area contributed by atoms with Crippen LogP contribution in [0.15, 0.2) is 53.4 Å². The fraction of sp³-hybridized carbons (Fsp3) is 0.458. The molecule has 0 aliphatic carbocycles. The molecule has 172 valence electrons. The molecule has 0 saturated carbocycles. The highest BCUT2D eigenvalue weighted by Gasteiger charge is 2.35. The van der Waals surface area contributed by atoms with E-state index in [4.69, 9.17) is 0 Å². The number of piperidine rings is 1. The molecule has 0 spiro atoms. The van der Waals surface area contributed by atoms with Crippen LogP contribution in [0.3, 0.4) is 0 Å². The maximum atomic E-state index is 13.2. The Labute approximate surface area is 189 Å². The Morgan fingerprint density at radius 3 is 2.38 bits per heavy atom. The van der Waals surface area contributed by atoms with Crippen molar-refractivity contribution in [3.63, 3.8) is 0 Å². The van der Waals surface area contributed by atoms with Gasteiger partial charge >= 0.3 is 0 Å². The van der Waals surface area contributed by atoms with E-state index in [2.05, 4.69) is 30.0 Å². The van der Waals surface area contributed by atoms with E-state index >= 15 is 0 Å². The second-order valence-corrected chi connectivity index (χ2v) is 10.6. The van der Waals surface area contributed by atoms with Gasteiger partial charge in [-0.3, -0.25) is 9.69 Å². The van der Waals surface area contributed by atoms with Gasteiger partial charge in [-0.25, -0.2) is 12.8 Å². The summed E-state index contributed by atoms with van der Waals surface area (Å²) < 4.78 is 40.5. The molecule has 0 unspecified atom stereocenters. The van der Waals surface area contributed by atoms with Crippen LogP contribution in [0.2, 0.25) is 0 Å². The van der Waals surface area contributed by atoms with Crippen molar-refractivity contribution in [2.75, 3.05) is 39.3 Å². The number of amides is 1. The maximum Gasteiger partial charge on any atom is 0.243 e. The van der Waals surface area contributed by atoms with Gasteiger partial charge in [0.2, 0.25) is 15.9 Å². The predicted octanol–water partition coefficient (Wildman–Crippen LogP) is 2.88. The molecule has 2 aromatic carbocycles. The van der Waals surface area contributed by atoms with Gasteiger partial charge < -0.3 is 4.90 Å². The van der Waals surface area contributed by atoms with Gasteiger partial charge in [-0.2, -0.15) is 4.31 Å². The summed E-state index contributed by atoms with van der Waals surface area (Å²) in [6, 6.07) is 13.2. The number of piperazine rings is 1. The van der Waals surface area contributed by atoms with Gasteiger partial charge in [0.1, 0.15) is 5.82 Å². The minimum absolute atomic E-state index is 0.0412. The number of nitrogens with zero attached hydrogens (tertiary/aromatic N) is 3. The van der Waals surface area contributed by atoms with Crippen molar-refractivity contribution < 1.29 is 17.6 Å². The number of hydrogen-bond donors (Lipinski definition) is 0. The molecule has 2 saturated heterocycles. The SMILES string of the molecule is Cc1ccccc1CN1CCN(C(=O)[C@@H]2CCCN(S(=O)(=O)c3ccc(F)cc3)C2)CC1. The van der Waals surface area contributed by atoms with Crippen molar-refractivity contribution >= 4 is 15.9 Å². The zero-order valence-electron chi connectivity index (χ0n) is 18.4. The van der Waals surface area contributed by atoms with E-state index in [0.717, 1.165) is 31.8 Å². The normalized spacial score (nSPS) is 20.9. The highest BCUT2D eigenvalue weighted by molar-refractivity contribution is 7.89. The predicted molar refractivity (Wildman–Crippen MR) is 121 cm³/mol. The van der Waals surface area contributed by atoms with Crippen LogP contribution in [0, 0.1) is 18.7 Å². The molecule has 1 atom stereocenters. The van der Waals surface area contributed by atoms with E-state index in [1.807, 2.05) is 11.0 Å². The van der Waals surface area contributed by atoms with Crippen molar-refractivity contribution in [3.8, 4) is 0 Å². The van der Waals surface area contributed by atoms with Crippen LogP contribution in [-0.2, 0) is 21.4 Å². The van der Waals surface area contributed by atoms with Crippen LogP contribution in [0.4, 0.5) is 4.39 Å². The van der Waals surface area contributed by atoms with Crippen LogP contribution >= 0.6 is 0 Å². The minimum atomic E-state index is -3.74. The summed E-state index contributed by atoms with van der Waals surface area (Å²) in [5, 5.41) is 0. The van der Waals surface area contributed by atoms with Crippen LogP contribution in [0.25, 0.3) is 0 Å². The van der Waals surface area contributed by atoms with E-state index in [1.165, 1.54) is 27.6 Å². The fourth-order valence-electron chi connectivity index (χ4n) is 4.53. The number of carbonyl (C=O) groups is 1. The number of benzene rings is 2. The molecule has 1 amide bonds. The van der Waals surface area contributed by atoms with Gasteiger partial charge in [0.25, 0.3) is 0 Å². The first kappa shape index (κ1) is 22.9. The molecule has 0 aromatic heterocycles. The third-order valence-electron chi connectivity index (χ3n) is 6.52. The Balaban J connectivity index is 1.34. The van der Waals surface area contributed by atoms with Gasteiger partial charge in [-0.1, -0.05) is 24.3 Å². The van der Waals surface area contributed by atoms with E-state index < -0.39 is 15.8 Å². The van der Waals surface area contributed by atoms with E-state index in [1.54, 1.807) is 0 Å². The Kier molecular flexibility index (Phi) is 6.93. The molecule has 2 aliphatic rings. The quantitative estimate of drug-likeness (QED) is 0.690. The minimum Gasteiger partial charge on any atom is -0.340 e. The molecule has 6 nitrogen and oxygen atoms in total. The number of rotatable bonds is 5. The molecule has 2 aromatic rings. The lowest BCUT2D eigenvalue weighted by molar-refractivity contribution is -0.138. The van der Waals surface area contributed by atoms with Crippen molar-refractivity contribution in [1.29, 1.82) is 0 Å². The van der Waals surface area contributed by atoms with Crippen molar-refractivity contribution in [3.05, 3.63) is 65.5 Å². The van der Waals surface area contributed by atoms with Crippen LogP contribution < -0.4 is 0 Å². The number of aryl methyl sites for hydroxylation is 1. The Bertz CT molecular complexity index is 1050. The van der Waals surface area contributed by atoms with Gasteiger partial charge in [0, 0.05) is 45.8 Å². The molecule has 0 radical (unpaired) electrons. The molecular weight excluding hydrogens is 429 g/mol. The second kappa shape index (κ2) is 9.68. The average Bonchev–Trinajstić information content (AvgIpc) is 2.81. The van der Waals surface area contributed by atoms with E-state index in [0.29, 0.717) is 32.5 Å². The van der Waals surface area contributed by atoms with E-state index in [-0.39, 0.29) is 23.3 Å². The maximum absolute atomic E-state index is 13.2. The number of halogens is 1. The summed E-state index contributed by atoms with van der Waals surface area (Å²) in [4.78, 5) is 17.5. The summed E-state index contributed by atoms with van der Waals surface area (Å²) in [5.74, 6) is -0.765. The number of carbonyl (C=O) groups excluding carboxylic acids is 1. The standard InChI is InChI=1S/C24H30FN3O3S/c1-19-5-2-3-6-20(19)17-26-13-15-27(16-14-26)24(29)21-7-4-12-28(18-21)32(30,31)23-10-8-22(25)9-11-23/h2-3,5-6,8-11,21H,4,7,12-18H2,1H3/t21-/m1/s1. The smallest absolute Gasteiger partial charge is 0.243 e. The highest BCUT2D eigenvalue weighted by Crippen LogP contribution is 2.26. The Morgan fingerprint density at radius 2 is 1.69 bits per heavy atom. The summed E-state index contributed by atoms with van der Waals surface area (Å²) in [7, 11) is -3.74. The van der Waals surface area contributed by atoms with Crippen LogP contribution in [-0.4, -0.2) is 67.7 Å². The molecular formula is C24H30FN3O3S. The Morgan fingerprint density at radius 1 is 1.00 bits per heavy atom. The third-order valence-corrected chi connectivity index (χ3v) is 8.40. The summed E-state index contributed by atoms with van der Waals surface area (Å²) >= 11 is 0. The lowest BCUT2D eigenvalue weighted by Crippen LogP contribution is -2.52. The van der Waals surface area contributed by atoms with Crippen molar-refractivity contribution in [2.45, 2.75) is 31.2 Å². The second-order valence-electron chi connectivity index (χ2n) is 8.68. The monoisotopic (exact) mass is 459 g/mol. The fourth-order valence-corrected chi connectivity index (χ4v) is 6.05. The first-order valence-corrected chi connectivity index (χ1v) is 12.6. The largest absolute Gasteiger partial charge is 0.340 e. The first-order valence-electron chi connectivity index (χ1n) is 11.2. The summed E-state index contributed by atoms with van der Waals surface area (Å²) in [6.07, 6.45) is 1.34. The van der Waals surface area contributed by atoms with Gasteiger partial charge in [-0.05, 0) is 55.2 Å². The van der Waals surface area contributed by atoms with Crippen molar-refractivity contribution in [1.82, 2.24) is 14.1 Å². The topological polar surface area (TPSA) is 60.9 Å². The molecule has 8 heteroatoms. The average molecular weight is 460 g/mol.